The van der Waals surface area contributed by atoms with Crippen molar-refractivity contribution in [2.75, 3.05) is 33.9 Å². The second-order valence-electron chi connectivity index (χ2n) is 11.2. The molecule has 2 fully saturated rings. The van der Waals surface area contributed by atoms with Crippen molar-refractivity contribution in [1.29, 1.82) is 0 Å². The molecule has 1 aliphatic heterocycles. The van der Waals surface area contributed by atoms with E-state index in [-0.39, 0.29) is 34.1 Å². The summed E-state index contributed by atoms with van der Waals surface area (Å²) >= 11 is 6.80. The number of rotatable bonds is 8. The molecule has 2 aliphatic rings. The van der Waals surface area contributed by atoms with Gasteiger partial charge in [0.05, 0.1) is 28.7 Å². The predicted octanol–water partition coefficient (Wildman–Crippen LogP) is 6.19. The van der Waals surface area contributed by atoms with Gasteiger partial charge in [-0.2, -0.15) is 10.1 Å². The summed E-state index contributed by atoms with van der Waals surface area (Å²) < 4.78 is 30.2. The second-order valence-corrected chi connectivity index (χ2v) is 11.6. The Balaban J connectivity index is 1.47. The summed E-state index contributed by atoms with van der Waals surface area (Å²) in [5.74, 6) is -0.612. The van der Waals surface area contributed by atoms with Crippen LogP contribution in [0.3, 0.4) is 0 Å². The average Bonchev–Trinajstić information content (AvgIpc) is 3.57. The van der Waals surface area contributed by atoms with E-state index in [0.29, 0.717) is 29.4 Å². The first-order valence-electron chi connectivity index (χ1n) is 13.7. The van der Waals surface area contributed by atoms with Crippen molar-refractivity contribution in [2.45, 2.75) is 45.3 Å². The number of ether oxygens (including phenoxy) is 2. The fraction of sp³-hybridized carbons (Fsp3) is 0.433. The van der Waals surface area contributed by atoms with Crippen molar-refractivity contribution in [1.82, 2.24) is 24.6 Å². The van der Waals surface area contributed by atoms with Crippen LogP contribution in [0.15, 0.2) is 35.3 Å². The van der Waals surface area contributed by atoms with Gasteiger partial charge in [-0.3, -0.25) is 9.78 Å². The van der Waals surface area contributed by atoms with E-state index in [0.717, 1.165) is 49.6 Å². The number of hydrogen-bond acceptors (Lipinski definition) is 6. The summed E-state index contributed by atoms with van der Waals surface area (Å²) in [6.07, 6.45) is 10.2. The Morgan fingerprint density at radius 2 is 2.12 bits per heavy atom. The van der Waals surface area contributed by atoms with Gasteiger partial charge in [-0.1, -0.05) is 29.8 Å². The van der Waals surface area contributed by atoms with E-state index in [9.17, 15) is 4.79 Å². The number of aromatic nitrogens is 4. The third kappa shape index (κ3) is 4.91. The highest BCUT2D eigenvalue weighted by Crippen LogP contribution is 2.46. The molecule has 1 atom stereocenters. The zero-order valence-electron chi connectivity index (χ0n) is 23.0. The van der Waals surface area contributed by atoms with E-state index in [1.54, 1.807) is 18.3 Å². The Labute approximate surface area is 236 Å². The quantitative estimate of drug-likeness (QED) is 0.274. The molecule has 0 bridgehead atoms. The summed E-state index contributed by atoms with van der Waals surface area (Å²) in [4.78, 5) is 22.1. The highest BCUT2D eigenvalue weighted by molar-refractivity contribution is 6.34. The van der Waals surface area contributed by atoms with Crippen LogP contribution in [0, 0.1) is 11.2 Å². The maximum atomic E-state index is 16.4. The lowest BCUT2D eigenvalue weighted by Crippen LogP contribution is -2.28. The number of benzene rings is 2. The molecule has 1 aliphatic carbocycles. The van der Waals surface area contributed by atoms with Gasteiger partial charge in [0.25, 0.3) is 11.6 Å². The number of hydrogen-bond donors (Lipinski definition) is 1. The number of allylic oxidation sites excluding steroid dienone is 1. The van der Waals surface area contributed by atoms with E-state index >= 15 is 4.39 Å². The van der Waals surface area contributed by atoms with Crippen molar-refractivity contribution < 1.29 is 13.9 Å². The van der Waals surface area contributed by atoms with E-state index in [1.165, 1.54) is 0 Å². The van der Waals surface area contributed by atoms with Crippen molar-refractivity contribution in [3.63, 3.8) is 0 Å². The molecule has 4 aromatic rings. The van der Waals surface area contributed by atoms with Crippen LogP contribution in [-0.2, 0) is 4.74 Å². The summed E-state index contributed by atoms with van der Waals surface area (Å²) in [5.41, 5.74) is 1.85. The molecule has 3 heterocycles. The second kappa shape index (κ2) is 10.6. The van der Waals surface area contributed by atoms with Crippen LogP contribution in [0.2, 0.25) is 5.02 Å². The highest BCUT2D eigenvalue weighted by Gasteiger charge is 2.44. The molecule has 1 N–H and O–H groups in total. The van der Waals surface area contributed by atoms with E-state index in [2.05, 4.69) is 20.0 Å². The summed E-state index contributed by atoms with van der Waals surface area (Å²) in [5, 5.41) is 6.00. The standard InChI is InChI=1S/C30H33ClFN5O3/c1-4-7-18-22(31)14-23-21(15-33-37(23)24-8-5-6-13-39-24)25(18)19-9-10-20-27(26(19)32)34-29(35-28(20)38)40-17-30(11-12-30)16-36(2)3/h4,7,9-10,14-15,24H,5-6,8,11-13,16-17H2,1-3H3,(H,34,35,38). The maximum absolute atomic E-state index is 16.4. The number of halogens is 2. The largest absolute Gasteiger partial charge is 0.464 e. The number of nitrogens with zero attached hydrogens (tertiary/aromatic N) is 4. The Morgan fingerprint density at radius 1 is 1.30 bits per heavy atom. The molecule has 210 valence electrons. The summed E-state index contributed by atoms with van der Waals surface area (Å²) in [6, 6.07) is 5.08. The van der Waals surface area contributed by atoms with Gasteiger partial charge in [-0.05, 0) is 65.3 Å². The molecule has 6 rings (SSSR count). The molecule has 10 heteroatoms. The molecule has 2 aromatic carbocycles. The summed E-state index contributed by atoms with van der Waals surface area (Å²) in [7, 11) is 4.04. The fourth-order valence-corrected chi connectivity index (χ4v) is 6.03. The Bertz CT molecular complexity index is 1670. The fourth-order valence-electron chi connectivity index (χ4n) is 5.77. The molecule has 1 saturated heterocycles. The molecule has 0 amide bonds. The molecular formula is C30H33ClFN5O3. The lowest BCUT2D eigenvalue weighted by Gasteiger charge is -2.24. The van der Waals surface area contributed by atoms with Crippen LogP contribution >= 0.6 is 11.6 Å². The van der Waals surface area contributed by atoms with Gasteiger partial charge in [-0.15, -0.1) is 0 Å². The van der Waals surface area contributed by atoms with E-state index in [4.69, 9.17) is 21.1 Å². The van der Waals surface area contributed by atoms with Crippen molar-refractivity contribution in [3.05, 3.63) is 57.2 Å². The van der Waals surface area contributed by atoms with Crippen molar-refractivity contribution in [2.24, 2.45) is 5.41 Å². The van der Waals surface area contributed by atoms with Crippen LogP contribution in [-0.4, -0.2) is 58.5 Å². The van der Waals surface area contributed by atoms with E-state index < -0.39 is 11.4 Å². The average molecular weight is 566 g/mol. The lowest BCUT2D eigenvalue weighted by atomic mass is 9.94. The Hall–Kier alpha value is -3.27. The molecule has 8 nitrogen and oxygen atoms in total. The number of nitrogens with one attached hydrogen (secondary N) is 1. The third-order valence-electron chi connectivity index (χ3n) is 7.84. The van der Waals surface area contributed by atoms with Crippen LogP contribution in [0.25, 0.3) is 39.0 Å². The van der Waals surface area contributed by atoms with Crippen LogP contribution in [0.5, 0.6) is 6.01 Å². The van der Waals surface area contributed by atoms with Gasteiger partial charge in [0.2, 0.25) is 0 Å². The van der Waals surface area contributed by atoms with Crippen molar-refractivity contribution >= 4 is 39.5 Å². The topological polar surface area (TPSA) is 85.3 Å². The first-order chi connectivity index (χ1) is 19.3. The van der Waals surface area contributed by atoms with Crippen molar-refractivity contribution in [3.8, 4) is 17.1 Å². The smallest absolute Gasteiger partial charge is 0.297 e. The van der Waals surface area contributed by atoms with Gasteiger partial charge in [-0.25, -0.2) is 9.07 Å². The minimum absolute atomic E-state index is 0.0192. The van der Waals surface area contributed by atoms with Gasteiger partial charge in [0.1, 0.15) is 5.52 Å². The highest BCUT2D eigenvalue weighted by atomic mass is 35.5. The third-order valence-corrected chi connectivity index (χ3v) is 8.16. The lowest BCUT2D eigenvalue weighted by molar-refractivity contribution is -0.0366. The zero-order valence-corrected chi connectivity index (χ0v) is 23.7. The number of H-pyrrole nitrogens is 1. The first-order valence-corrected chi connectivity index (χ1v) is 14.1. The molecular weight excluding hydrogens is 533 g/mol. The van der Waals surface area contributed by atoms with Crippen LogP contribution in [0.4, 0.5) is 4.39 Å². The first kappa shape index (κ1) is 26.9. The normalized spacial score (nSPS) is 18.8. The maximum Gasteiger partial charge on any atom is 0.297 e. The SMILES string of the molecule is CC=Cc1c(Cl)cc2c(cnn2C2CCCCO2)c1-c1ccc2c(=O)[nH]c(OCC3(CN(C)C)CC3)nc2c1F. The number of fused-ring (bicyclic) bond motifs is 2. The van der Waals surface area contributed by atoms with Gasteiger partial charge < -0.3 is 14.4 Å². The van der Waals surface area contributed by atoms with E-state index in [1.807, 2.05) is 43.9 Å². The Kier molecular flexibility index (Phi) is 7.14. The van der Waals surface area contributed by atoms with Crippen LogP contribution in [0.1, 0.15) is 50.8 Å². The van der Waals surface area contributed by atoms with Gasteiger partial charge in [0.15, 0.2) is 12.0 Å². The zero-order chi connectivity index (χ0) is 28.0. The predicted molar refractivity (Wildman–Crippen MR) is 155 cm³/mol. The molecule has 1 unspecified atom stereocenters. The molecule has 2 aromatic heterocycles. The Morgan fingerprint density at radius 3 is 2.83 bits per heavy atom. The molecule has 40 heavy (non-hydrogen) atoms. The molecule has 0 spiro atoms. The molecule has 1 saturated carbocycles. The van der Waals surface area contributed by atoms with Gasteiger partial charge >= 0.3 is 0 Å². The molecule has 0 radical (unpaired) electrons. The monoisotopic (exact) mass is 565 g/mol. The minimum Gasteiger partial charge on any atom is -0.464 e. The summed E-state index contributed by atoms with van der Waals surface area (Å²) in [6.45, 7) is 3.84. The minimum atomic E-state index is -0.612. The van der Waals surface area contributed by atoms with Gasteiger partial charge in [0, 0.05) is 40.6 Å². The van der Waals surface area contributed by atoms with Crippen LogP contribution < -0.4 is 10.3 Å². The number of aromatic amines is 1.